The Morgan fingerprint density at radius 1 is 0.846 bits per heavy atom. The second kappa shape index (κ2) is 20.8. The summed E-state index contributed by atoms with van der Waals surface area (Å²) in [4.78, 5) is 77.1. The molecule has 1 unspecified atom stereocenters. The van der Waals surface area contributed by atoms with Gasteiger partial charge in [-0.3, -0.25) is 44.2 Å². The molecule has 5 heterocycles. The zero-order valence-electron chi connectivity index (χ0n) is 35.8. The Hall–Kier alpha value is -6.87. The van der Waals surface area contributed by atoms with E-state index in [1.165, 1.54) is 13.2 Å². The minimum Gasteiger partial charge on any atom is -0.496 e. The van der Waals surface area contributed by atoms with Crippen molar-refractivity contribution >= 4 is 51.9 Å². The number of imide groups is 2. The first kappa shape index (κ1) is 44.7. The van der Waals surface area contributed by atoms with Crippen LogP contribution in [0, 0.1) is 5.82 Å². The number of nitrogens with zero attached hydrogens (tertiary/aromatic N) is 6. The lowest BCUT2D eigenvalue weighted by Crippen LogP contribution is -2.54. The summed E-state index contributed by atoms with van der Waals surface area (Å²) >= 11 is 0. The number of nitrogens with one attached hydrogen (secondary N) is 4. The molecule has 20 heteroatoms. The number of benzene rings is 3. The number of carbonyl (C=O) groups excluding carboxylic acids is 5. The number of halogens is 1. The molecule has 0 spiro atoms. The van der Waals surface area contributed by atoms with E-state index in [2.05, 4.69) is 45.9 Å². The van der Waals surface area contributed by atoms with E-state index >= 15 is 0 Å². The molecule has 3 aromatic carbocycles. The molecular weight excluding hydrogens is 844 g/mol. The van der Waals surface area contributed by atoms with E-state index in [1.807, 2.05) is 24.3 Å². The number of carbonyl (C=O) groups is 5. The van der Waals surface area contributed by atoms with Crippen molar-refractivity contribution in [2.24, 2.45) is 0 Å². The second-order valence-corrected chi connectivity index (χ2v) is 15.4. The Labute approximate surface area is 372 Å². The van der Waals surface area contributed by atoms with Gasteiger partial charge in [-0.15, -0.1) is 0 Å². The van der Waals surface area contributed by atoms with Crippen LogP contribution in [0.3, 0.4) is 0 Å². The number of piperidine rings is 1. The van der Waals surface area contributed by atoms with Gasteiger partial charge in [0.2, 0.25) is 17.7 Å². The Kier molecular flexibility index (Phi) is 14.3. The van der Waals surface area contributed by atoms with E-state index in [1.54, 1.807) is 36.5 Å². The number of H-pyrrole nitrogens is 1. The van der Waals surface area contributed by atoms with E-state index < -0.39 is 35.5 Å². The van der Waals surface area contributed by atoms with Crippen LogP contribution in [0.15, 0.2) is 66.9 Å². The summed E-state index contributed by atoms with van der Waals surface area (Å²) in [6, 6.07) is 16.5. The van der Waals surface area contributed by atoms with Crippen LogP contribution >= 0.6 is 0 Å². The molecule has 65 heavy (non-hydrogen) atoms. The lowest BCUT2D eigenvalue weighted by molar-refractivity contribution is -0.136. The molecule has 3 aliphatic heterocycles. The maximum atomic E-state index is 14.8. The van der Waals surface area contributed by atoms with Crippen LogP contribution in [0.1, 0.15) is 33.6 Å². The maximum Gasteiger partial charge on any atom is 0.264 e. The number of amides is 5. The SMILES string of the molecule is COc1cccc(F)c1-c1ncc2[nH]nc(-c3ccc(N4CCN(CC(=O)NCCOCCOCCOCCNc5cccc6c5C(=O)N(C5CCC(=O)NC5=O)C6=O)CC4)cc3)c2n1. The monoisotopic (exact) mass is 892 g/mol. The summed E-state index contributed by atoms with van der Waals surface area (Å²) in [5.41, 5.74) is 4.79. The van der Waals surface area contributed by atoms with Crippen molar-refractivity contribution in [3.8, 4) is 28.4 Å². The molecule has 8 rings (SSSR count). The minimum atomic E-state index is -1.03. The lowest BCUT2D eigenvalue weighted by atomic mass is 10.0. The van der Waals surface area contributed by atoms with Gasteiger partial charge >= 0.3 is 0 Å². The Bertz CT molecular complexity index is 2550. The Morgan fingerprint density at radius 2 is 1.57 bits per heavy atom. The smallest absolute Gasteiger partial charge is 0.264 e. The highest BCUT2D eigenvalue weighted by Crippen LogP contribution is 2.34. The summed E-state index contributed by atoms with van der Waals surface area (Å²) < 4.78 is 36.9. The lowest BCUT2D eigenvalue weighted by Gasteiger charge is -2.35. The van der Waals surface area contributed by atoms with Crippen molar-refractivity contribution < 1.29 is 47.3 Å². The molecule has 5 amide bonds. The van der Waals surface area contributed by atoms with Crippen molar-refractivity contribution in [3.05, 3.63) is 83.8 Å². The molecule has 2 aromatic heterocycles. The third kappa shape index (κ3) is 10.3. The van der Waals surface area contributed by atoms with E-state index in [0.717, 1.165) is 42.3 Å². The van der Waals surface area contributed by atoms with Gasteiger partial charge in [0, 0.05) is 62.6 Å². The molecule has 19 nitrogen and oxygen atoms in total. The van der Waals surface area contributed by atoms with E-state index in [9.17, 15) is 28.4 Å². The quantitative estimate of drug-likeness (QED) is 0.0652. The van der Waals surface area contributed by atoms with Gasteiger partial charge < -0.3 is 34.5 Å². The standard InChI is InChI=1S/C45H49FN10O9/c1-62-35-7-3-5-31(46)39(35)42-49-26-33-41(51-42)40(53-52-33)28-8-10-29(11-9-28)55-18-16-54(17-19-55)27-37(58)48-15-21-64-23-25-65-24-22-63-20-14-47-32-6-2-4-30-38(32)45(61)56(44(30)60)34-12-13-36(57)50-43(34)59/h2-11,26,34,47H,12-25,27H2,1H3,(H,48,58)(H,52,53)(H,50,57,59). The fourth-order valence-electron chi connectivity index (χ4n) is 8.00. The zero-order chi connectivity index (χ0) is 45.3. The highest BCUT2D eigenvalue weighted by molar-refractivity contribution is 6.25. The van der Waals surface area contributed by atoms with Crippen molar-refractivity contribution in [3.63, 3.8) is 0 Å². The highest BCUT2D eigenvalue weighted by Gasteiger charge is 2.45. The van der Waals surface area contributed by atoms with Crippen LogP contribution in [0.2, 0.25) is 0 Å². The summed E-state index contributed by atoms with van der Waals surface area (Å²) in [5.74, 6) is -2.21. The normalized spacial score (nSPS) is 16.6. The molecule has 2 saturated heterocycles. The van der Waals surface area contributed by atoms with Crippen LogP contribution in [-0.2, 0) is 28.6 Å². The maximum absolute atomic E-state index is 14.8. The van der Waals surface area contributed by atoms with Gasteiger partial charge in [-0.25, -0.2) is 14.4 Å². The first-order valence-corrected chi connectivity index (χ1v) is 21.4. The van der Waals surface area contributed by atoms with Crippen LogP contribution < -0.4 is 25.6 Å². The predicted molar refractivity (Wildman–Crippen MR) is 235 cm³/mol. The number of methoxy groups -OCH3 is 1. The number of hydrogen-bond donors (Lipinski definition) is 4. The summed E-state index contributed by atoms with van der Waals surface area (Å²) in [6.45, 7) is 6.12. The summed E-state index contributed by atoms with van der Waals surface area (Å²) in [5, 5.41) is 15.7. The molecule has 3 aliphatic rings. The van der Waals surface area contributed by atoms with Crippen LogP contribution in [0.4, 0.5) is 15.8 Å². The molecule has 1 atom stereocenters. The number of aromatic amines is 1. The van der Waals surface area contributed by atoms with Gasteiger partial charge in [0.1, 0.15) is 34.3 Å². The average Bonchev–Trinajstić information content (AvgIpc) is 3.85. The first-order valence-electron chi connectivity index (χ1n) is 21.4. The van der Waals surface area contributed by atoms with Gasteiger partial charge in [0.25, 0.3) is 11.8 Å². The van der Waals surface area contributed by atoms with E-state index in [0.29, 0.717) is 87.4 Å². The van der Waals surface area contributed by atoms with Gasteiger partial charge in [0.15, 0.2) is 5.82 Å². The van der Waals surface area contributed by atoms with Gasteiger partial charge in [0.05, 0.1) is 76.2 Å². The summed E-state index contributed by atoms with van der Waals surface area (Å²) in [6.07, 6.45) is 1.73. The number of hydrogen-bond acceptors (Lipinski definition) is 15. The highest BCUT2D eigenvalue weighted by atomic mass is 19.1. The van der Waals surface area contributed by atoms with Crippen molar-refractivity contribution in [1.82, 2.24) is 40.6 Å². The van der Waals surface area contributed by atoms with Crippen molar-refractivity contribution in [2.75, 3.05) is 103 Å². The fourth-order valence-corrected chi connectivity index (χ4v) is 8.00. The molecule has 0 bridgehead atoms. The molecular formula is C45H49FN10O9. The number of piperazine rings is 1. The predicted octanol–water partition coefficient (Wildman–Crippen LogP) is 2.64. The molecule has 0 saturated carbocycles. The third-order valence-electron chi connectivity index (χ3n) is 11.3. The molecule has 5 aromatic rings. The molecule has 4 N–H and O–H groups in total. The topological polar surface area (TPSA) is 223 Å². The van der Waals surface area contributed by atoms with E-state index in [4.69, 9.17) is 18.9 Å². The van der Waals surface area contributed by atoms with Gasteiger partial charge in [-0.05, 0) is 42.8 Å². The number of anilines is 2. The molecule has 2 fully saturated rings. The van der Waals surface area contributed by atoms with Gasteiger partial charge in [-0.2, -0.15) is 5.10 Å². The molecule has 0 aliphatic carbocycles. The first-order chi connectivity index (χ1) is 31.7. The van der Waals surface area contributed by atoms with Crippen LogP contribution in [-0.4, -0.2) is 158 Å². The number of fused-ring (bicyclic) bond motifs is 2. The van der Waals surface area contributed by atoms with Crippen molar-refractivity contribution in [1.29, 1.82) is 0 Å². The Balaban J connectivity index is 0.666. The minimum absolute atomic E-state index is 0.0534. The third-order valence-corrected chi connectivity index (χ3v) is 11.3. The van der Waals surface area contributed by atoms with Gasteiger partial charge in [-0.1, -0.05) is 24.3 Å². The second-order valence-electron chi connectivity index (χ2n) is 15.4. The van der Waals surface area contributed by atoms with Crippen LogP contribution in [0.25, 0.3) is 33.7 Å². The molecule has 340 valence electrons. The number of rotatable bonds is 20. The van der Waals surface area contributed by atoms with Crippen molar-refractivity contribution in [2.45, 2.75) is 18.9 Å². The fraction of sp³-hybridized carbons (Fsp3) is 0.378. The zero-order valence-corrected chi connectivity index (χ0v) is 35.8. The molecule has 0 radical (unpaired) electrons. The Morgan fingerprint density at radius 3 is 2.31 bits per heavy atom. The number of aromatic nitrogens is 4. The van der Waals surface area contributed by atoms with E-state index in [-0.39, 0.29) is 41.3 Å². The van der Waals surface area contributed by atoms with Crippen LogP contribution in [0.5, 0.6) is 5.75 Å². The average molecular weight is 893 g/mol. The number of ether oxygens (including phenoxy) is 4. The largest absolute Gasteiger partial charge is 0.496 e. The summed E-state index contributed by atoms with van der Waals surface area (Å²) in [7, 11) is 1.48.